The van der Waals surface area contributed by atoms with Gasteiger partial charge in [-0.15, -0.1) is 0 Å². The molecular formula is C41H40N4O. The van der Waals surface area contributed by atoms with Crippen LogP contribution >= 0.6 is 0 Å². The molecule has 7 aromatic rings. The van der Waals surface area contributed by atoms with E-state index >= 15 is 0 Å². The summed E-state index contributed by atoms with van der Waals surface area (Å²) in [6.07, 6.45) is 7.02. The number of para-hydroxylation sites is 1. The van der Waals surface area contributed by atoms with Gasteiger partial charge in [0.25, 0.3) is 0 Å². The largest absolute Gasteiger partial charge is 0.457 e. The lowest BCUT2D eigenvalue weighted by molar-refractivity contribution is 0.483. The van der Waals surface area contributed by atoms with Crippen molar-refractivity contribution in [3.8, 4) is 34.1 Å². The smallest absolute Gasteiger partial charge is 0.137 e. The van der Waals surface area contributed by atoms with Crippen LogP contribution in [0.5, 0.6) is 11.5 Å². The second kappa shape index (κ2) is 11.6. The van der Waals surface area contributed by atoms with Gasteiger partial charge in [-0.05, 0) is 128 Å². The van der Waals surface area contributed by atoms with Crippen molar-refractivity contribution in [3.05, 3.63) is 131 Å². The van der Waals surface area contributed by atoms with Gasteiger partial charge in [0.1, 0.15) is 17.3 Å². The summed E-state index contributed by atoms with van der Waals surface area (Å²) in [5, 5.41) is 7.13. The highest BCUT2D eigenvalue weighted by Crippen LogP contribution is 2.37. The maximum Gasteiger partial charge on any atom is 0.137 e. The Morgan fingerprint density at radius 3 is 2.20 bits per heavy atom. The molecule has 0 amide bonds. The Morgan fingerprint density at radius 2 is 1.41 bits per heavy atom. The molecule has 4 aromatic carbocycles. The topological polar surface area (TPSA) is 44.9 Å². The molecular weight excluding hydrogens is 564 g/mol. The van der Waals surface area contributed by atoms with Crippen molar-refractivity contribution in [1.29, 1.82) is 0 Å². The number of hydrogen-bond donors (Lipinski definition) is 0. The monoisotopic (exact) mass is 604 g/mol. The number of ether oxygens (including phenoxy) is 1. The van der Waals surface area contributed by atoms with E-state index in [1.807, 2.05) is 41.3 Å². The molecule has 7 rings (SSSR count). The average molecular weight is 605 g/mol. The number of benzene rings is 4. The summed E-state index contributed by atoms with van der Waals surface area (Å²) in [5.74, 6) is 3.01. The Labute approximate surface area is 271 Å². The summed E-state index contributed by atoms with van der Waals surface area (Å²) in [6.45, 7) is 15.6. The molecule has 0 bridgehead atoms. The zero-order chi connectivity index (χ0) is 32.1. The van der Waals surface area contributed by atoms with Crippen LogP contribution in [-0.4, -0.2) is 19.3 Å². The number of nitrogens with zero attached hydrogens (tertiary/aromatic N) is 4. The van der Waals surface area contributed by atoms with Crippen LogP contribution in [0.4, 0.5) is 0 Å². The summed E-state index contributed by atoms with van der Waals surface area (Å²) in [4.78, 5) is 4.81. The van der Waals surface area contributed by atoms with Crippen molar-refractivity contribution in [2.75, 3.05) is 0 Å². The normalized spacial score (nSPS) is 11.7. The van der Waals surface area contributed by atoms with Gasteiger partial charge >= 0.3 is 0 Å². The predicted octanol–water partition coefficient (Wildman–Crippen LogP) is 10.6. The van der Waals surface area contributed by atoms with E-state index < -0.39 is 0 Å². The molecule has 0 aliphatic heterocycles. The van der Waals surface area contributed by atoms with Gasteiger partial charge in [-0.2, -0.15) is 5.10 Å². The fourth-order valence-electron chi connectivity index (χ4n) is 6.79. The summed E-state index contributed by atoms with van der Waals surface area (Å²) in [6, 6.07) is 27.3. The van der Waals surface area contributed by atoms with Crippen LogP contribution < -0.4 is 4.74 Å². The van der Waals surface area contributed by atoms with Gasteiger partial charge in [0.15, 0.2) is 0 Å². The molecule has 3 aromatic heterocycles. The van der Waals surface area contributed by atoms with E-state index in [1.165, 1.54) is 49.7 Å². The fraction of sp³-hybridized carbons (Fsp3) is 0.220. The lowest BCUT2D eigenvalue weighted by Crippen LogP contribution is -2.01. The van der Waals surface area contributed by atoms with Crippen LogP contribution in [0.1, 0.15) is 47.2 Å². The minimum Gasteiger partial charge on any atom is -0.457 e. The van der Waals surface area contributed by atoms with Crippen molar-refractivity contribution >= 4 is 21.8 Å². The molecule has 0 aliphatic carbocycles. The van der Waals surface area contributed by atoms with E-state index in [1.54, 1.807) is 0 Å². The second-order valence-corrected chi connectivity index (χ2v) is 12.9. The van der Waals surface area contributed by atoms with Gasteiger partial charge < -0.3 is 4.74 Å². The van der Waals surface area contributed by atoms with Crippen LogP contribution in [-0.2, 0) is 6.42 Å². The molecule has 0 spiro atoms. The van der Waals surface area contributed by atoms with E-state index in [0.717, 1.165) is 46.0 Å². The first-order valence-electron chi connectivity index (χ1n) is 16.1. The van der Waals surface area contributed by atoms with Gasteiger partial charge in [0.2, 0.25) is 0 Å². The number of aromatic nitrogens is 4. The highest BCUT2D eigenvalue weighted by Gasteiger charge is 2.17. The SMILES string of the molecule is Cc1c(C)c(C)c(-c2cnn(-c3cccc(Oc4ccc5c6ccccc6n(-c6cc(CC(C)C)ccn6)c5c4)c3)c2)c(C)c1C. The van der Waals surface area contributed by atoms with E-state index in [2.05, 4.69) is 114 Å². The van der Waals surface area contributed by atoms with Gasteiger partial charge in [-0.3, -0.25) is 4.57 Å². The molecule has 0 atom stereocenters. The zero-order valence-electron chi connectivity index (χ0n) is 27.7. The maximum atomic E-state index is 6.51. The van der Waals surface area contributed by atoms with E-state index in [4.69, 9.17) is 14.8 Å². The first-order chi connectivity index (χ1) is 22.2. The van der Waals surface area contributed by atoms with Crippen LogP contribution in [0.3, 0.4) is 0 Å². The highest BCUT2D eigenvalue weighted by atomic mass is 16.5. The van der Waals surface area contributed by atoms with Crippen molar-refractivity contribution in [1.82, 2.24) is 19.3 Å². The highest BCUT2D eigenvalue weighted by molar-refractivity contribution is 6.09. The molecule has 0 N–H and O–H groups in total. The predicted molar refractivity (Wildman–Crippen MR) is 190 cm³/mol. The van der Waals surface area contributed by atoms with Crippen molar-refractivity contribution in [2.45, 2.75) is 54.9 Å². The lowest BCUT2D eigenvalue weighted by atomic mass is 9.87. The third kappa shape index (κ3) is 5.16. The zero-order valence-corrected chi connectivity index (χ0v) is 27.7. The molecule has 0 aliphatic rings. The number of fused-ring (bicyclic) bond motifs is 3. The summed E-state index contributed by atoms with van der Waals surface area (Å²) in [7, 11) is 0. The second-order valence-electron chi connectivity index (χ2n) is 12.9. The first-order valence-corrected chi connectivity index (χ1v) is 16.1. The molecule has 46 heavy (non-hydrogen) atoms. The van der Waals surface area contributed by atoms with Gasteiger partial charge in [0.05, 0.1) is 22.9 Å². The van der Waals surface area contributed by atoms with Gasteiger partial charge in [-0.25, -0.2) is 9.67 Å². The van der Waals surface area contributed by atoms with Crippen molar-refractivity contribution < 1.29 is 4.74 Å². The number of hydrogen-bond acceptors (Lipinski definition) is 3. The van der Waals surface area contributed by atoms with E-state index in [-0.39, 0.29) is 0 Å². The standard InChI is InChI=1S/C41H40N4O/c1-25(2)19-31-17-18-42-40(20-31)45-38-14-9-8-13-36(38)37-16-15-35(22-39(37)45)46-34-12-10-11-33(21-34)44-24-32(23-43-44)41-29(6)27(4)26(3)28(5)30(41)7/h8-18,20-25H,19H2,1-7H3. The Kier molecular flexibility index (Phi) is 7.48. The van der Waals surface area contributed by atoms with Gasteiger partial charge in [0, 0.05) is 40.9 Å². The quantitative estimate of drug-likeness (QED) is 0.182. The summed E-state index contributed by atoms with van der Waals surface area (Å²) < 4.78 is 10.7. The maximum absolute atomic E-state index is 6.51. The van der Waals surface area contributed by atoms with E-state index in [9.17, 15) is 0 Å². The summed E-state index contributed by atoms with van der Waals surface area (Å²) >= 11 is 0. The van der Waals surface area contributed by atoms with E-state index in [0.29, 0.717) is 5.92 Å². The molecule has 230 valence electrons. The minimum atomic E-state index is 0.571. The Balaban J connectivity index is 1.24. The molecule has 0 saturated carbocycles. The molecule has 5 heteroatoms. The van der Waals surface area contributed by atoms with Crippen LogP contribution in [0.15, 0.2) is 97.5 Å². The Morgan fingerprint density at radius 1 is 0.696 bits per heavy atom. The first kappa shape index (κ1) is 29.5. The third-order valence-corrected chi connectivity index (χ3v) is 9.52. The fourth-order valence-corrected chi connectivity index (χ4v) is 6.79. The molecule has 3 heterocycles. The van der Waals surface area contributed by atoms with Crippen molar-refractivity contribution in [2.24, 2.45) is 5.92 Å². The number of rotatable bonds is 7. The minimum absolute atomic E-state index is 0.571. The van der Waals surface area contributed by atoms with Crippen LogP contribution in [0.2, 0.25) is 0 Å². The Hall–Kier alpha value is -5.16. The van der Waals surface area contributed by atoms with Crippen LogP contribution in [0.25, 0.3) is 44.4 Å². The molecule has 0 saturated heterocycles. The summed E-state index contributed by atoms with van der Waals surface area (Å²) in [5.41, 5.74) is 13.5. The third-order valence-electron chi connectivity index (χ3n) is 9.52. The Bertz CT molecular complexity index is 2220. The number of pyridine rings is 1. The lowest BCUT2D eigenvalue weighted by Gasteiger charge is -2.17. The molecule has 0 fully saturated rings. The molecule has 0 unspecified atom stereocenters. The van der Waals surface area contributed by atoms with Gasteiger partial charge in [-0.1, -0.05) is 38.1 Å². The van der Waals surface area contributed by atoms with Crippen LogP contribution in [0, 0.1) is 40.5 Å². The average Bonchev–Trinajstić information content (AvgIpc) is 3.66. The molecule has 0 radical (unpaired) electrons. The van der Waals surface area contributed by atoms with Crippen molar-refractivity contribution in [3.63, 3.8) is 0 Å². The molecule has 5 nitrogen and oxygen atoms in total.